The third-order valence-electron chi connectivity index (χ3n) is 3.83. The number of likely N-dealkylation sites (tertiary alicyclic amines) is 1. The lowest BCUT2D eigenvalue weighted by Gasteiger charge is -2.20. The van der Waals surface area contributed by atoms with Crippen LogP contribution in [0.4, 0.5) is 0 Å². The van der Waals surface area contributed by atoms with Gasteiger partial charge in [0.25, 0.3) is 0 Å². The summed E-state index contributed by atoms with van der Waals surface area (Å²) in [6, 6.07) is 1.81. The molecule has 1 fully saturated rings. The number of amides is 2. The van der Waals surface area contributed by atoms with Crippen LogP contribution in [0.1, 0.15) is 35.2 Å². The maximum absolute atomic E-state index is 11.5. The molecule has 0 aliphatic carbocycles. The number of nitrogen functional groups attached to an aromatic ring is 1. The summed E-state index contributed by atoms with van der Waals surface area (Å²) >= 11 is 0. The monoisotopic (exact) mass is 280 g/mol. The first-order valence-corrected chi connectivity index (χ1v) is 6.48. The molecule has 1 aromatic rings. The number of nitrogens with zero attached hydrogens (tertiary/aromatic N) is 1. The highest BCUT2D eigenvalue weighted by molar-refractivity contribution is 5.92. The molecular weight excluding hydrogens is 260 g/mol. The minimum Gasteiger partial charge on any atom is -0.454 e. The number of carbonyl (C=O) groups is 2. The molecule has 1 atom stereocenters. The predicted molar refractivity (Wildman–Crippen MR) is 72.3 cm³/mol. The Morgan fingerprint density at radius 2 is 2.25 bits per heavy atom. The lowest BCUT2D eigenvalue weighted by molar-refractivity contribution is -0.126. The van der Waals surface area contributed by atoms with E-state index in [0.717, 1.165) is 18.5 Å². The molecule has 7 heteroatoms. The number of hydrogen-bond acceptors (Lipinski definition) is 5. The lowest BCUT2D eigenvalue weighted by Crippen LogP contribution is -2.36. The molecule has 110 valence electrons. The maximum Gasteiger partial charge on any atom is 0.301 e. The second kappa shape index (κ2) is 5.26. The molecule has 2 amide bonds. The number of rotatable bonds is 4. The van der Waals surface area contributed by atoms with Gasteiger partial charge >= 0.3 is 5.91 Å². The number of primary amides is 1. The van der Waals surface area contributed by atoms with Crippen LogP contribution in [0.15, 0.2) is 10.5 Å². The van der Waals surface area contributed by atoms with Gasteiger partial charge < -0.3 is 10.2 Å². The summed E-state index contributed by atoms with van der Waals surface area (Å²) in [5.41, 5.74) is 7.72. The number of nitrogens with two attached hydrogens (primary N) is 2. The van der Waals surface area contributed by atoms with E-state index in [1.165, 1.54) is 0 Å². The zero-order valence-electron chi connectivity index (χ0n) is 11.7. The fourth-order valence-electron chi connectivity index (χ4n) is 2.53. The highest BCUT2D eigenvalue weighted by atomic mass is 16.4. The summed E-state index contributed by atoms with van der Waals surface area (Å²) < 4.78 is 5.51. The second-order valence-electron chi connectivity index (χ2n) is 5.58. The van der Waals surface area contributed by atoms with E-state index in [0.29, 0.717) is 18.8 Å². The van der Waals surface area contributed by atoms with Crippen molar-refractivity contribution in [1.82, 2.24) is 10.3 Å². The van der Waals surface area contributed by atoms with Crippen LogP contribution in [0.5, 0.6) is 0 Å². The molecule has 0 spiro atoms. The average Bonchev–Trinajstić information content (AvgIpc) is 2.94. The first-order valence-electron chi connectivity index (χ1n) is 6.48. The Labute approximate surface area is 117 Å². The summed E-state index contributed by atoms with van der Waals surface area (Å²) in [4.78, 5) is 25.0. The minimum absolute atomic E-state index is 0.222. The van der Waals surface area contributed by atoms with Gasteiger partial charge in [-0.2, -0.15) is 0 Å². The first-order chi connectivity index (χ1) is 9.35. The van der Waals surface area contributed by atoms with Crippen LogP contribution in [-0.2, 0) is 11.3 Å². The second-order valence-corrected chi connectivity index (χ2v) is 5.58. The van der Waals surface area contributed by atoms with Crippen LogP contribution in [0, 0.1) is 12.3 Å². The molecule has 1 aromatic heterocycles. The smallest absolute Gasteiger partial charge is 0.301 e. The maximum atomic E-state index is 11.5. The standard InChI is InChI=1S/C13H20N4O3/c1-8-5-9(20-10(8)11(18)16-15)6-17-4-3-13(2,7-17)12(14)19/h5H,3-4,6-7,15H2,1-2H3,(H2,14,19)(H,16,18). The van der Waals surface area contributed by atoms with Crippen molar-refractivity contribution in [3.63, 3.8) is 0 Å². The van der Waals surface area contributed by atoms with Crippen molar-refractivity contribution >= 4 is 11.8 Å². The minimum atomic E-state index is -0.487. The fourth-order valence-corrected chi connectivity index (χ4v) is 2.53. The average molecular weight is 280 g/mol. The molecule has 1 unspecified atom stereocenters. The van der Waals surface area contributed by atoms with Crippen LogP contribution >= 0.6 is 0 Å². The molecular formula is C13H20N4O3. The van der Waals surface area contributed by atoms with Crippen LogP contribution in [0.25, 0.3) is 0 Å². The Hall–Kier alpha value is -1.86. The van der Waals surface area contributed by atoms with Crippen LogP contribution < -0.4 is 17.0 Å². The van der Waals surface area contributed by atoms with E-state index in [4.69, 9.17) is 16.0 Å². The van der Waals surface area contributed by atoms with Gasteiger partial charge in [-0.15, -0.1) is 0 Å². The molecule has 5 N–H and O–H groups in total. The molecule has 20 heavy (non-hydrogen) atoms. The molecule has 2 rings (SSSR count). The SMILES string of the molecule is Cc1cc(CN2CCC(C)(C(N)=O)C2)oc1C(=O)NN. The van der Waals surface area contributed by atoms with Gasteiger partial charge in [-0.25, -0.2) is 5.84 Å². The zero-order chi connectivity index (χ0) is 14.9. The Morgan fingerprint density at radius 3 is 2.80 bits per heavy atom. The van der Waals surface area contributed by atoms with Crippen molar-refractivity contribution in [2.24, 2.45) is 17.0 Å². The van der Waals surface area contributed by atoms with E-state index in [1.807, 2.05) is 18.4 Å². The fraction of sp³-hybridized carbons (Fsp3) is 0.538. The highest BCUT2D eigenvalue weighted by Gasteiger charge is 2.39. The number of hydrazine groups is 1. The molecule has 1 saturated heterocycles. The van der Waals surface area contributed by atoms with Crippen LogP contribution in [0.3, 0.4) is 0 Å². The molecule has 0 bridgehead atoms. The molecule has 1 aliphatic heterocycles. The number of furan rings is 1. The molecule has 0 radical (unpaired) electrons. The topological polar surface area (TPSA) is 115 Å². The van der Waals surface area contributed by atoms with Crippen molar-refractivity contribution in [1.29, 1.82) is 0 Å². The largest absolute Gasteiger partial charge is 0.454 e. The van der Waals surface area contributed by atoms with Gasteiger partial charge in [0, 0.05) is 12.1 Å². The van der Waals surface area contributed by atoms with Crippen molar-refractivity contribution in [3.05, 3.63) is 23.2 Å². The van der Waals surface area contributed by atoms with Gasteiger partial charge in [0.05, 0.1) is 12.0 Å². The number of nitrogens with one attached hydrogen (secondary N) is 1. The predicted octanol–water partition coefficient (Wildman–Crippen LogP) is -0.111. The Kier molecular flexibility index (Phi) is 3.82. The van der Waals surface area contributed by atoms with Crippen molar-refractivity contribution < 1.29 is 14.0 Å². The van der Waals surface area contributed by atoms with E-state index in [2.05, 4.69) is 4.90 Å². The summed E-state index contributed by atoms with van der Waals surface area (Å²) in [6.07, 6.45) is 0.734. The summed E-state index contributed by atoms with van der Waals surface area (Å²) in [6.45, 7) is 5.57. The molecule has 1 aliphatic rings. The number of hydrogen-bond donors (Lipinski definition) is 3. The third-order valence-corrected chi connectivity index (χ3v) is 3.83. The van der Waals surface area contributed by atoms with E-state index < -0.39 is 11.3 Å². The van der Waals surface area contributed by atoms with E-state index in [1.54, 1.807) is 6.92 Å². The molecule has 0 aromatic carbocycles. The molecule has 7 nitrogen and oxygen atoms in total. The number of aryl methyl sites for hydroxylation is 1. The van der Waals surface area contributed by atoms with Gasteiger partial charge in [0.2, 0.25) is 5.91 Å². The Bertz CT molecular complexity index is 540. The van der Waals surface area contributed by atoms with Gasteiger partial charge in [-0.05, 0) is 32.9 Å². The Morgan fingerprint density at radius 1 is 1.55 bits per heavy atom. The summed E-state index contributed by atoms with van der Waals surface area (Å²) in [7, 11) is 0. The lowest BCUT2D eigenvalue weighted by atomic mass is 9.89. The van der Waals surface area contributed by atoms with Gasteiger partial charge in [0.15, 0.2) is 5.76 Å². The van der Waals surface area contributed by atoms with Gasteiger partial charge in [-0.1, -0.05) is 0 Å². The highest BCUT2D eigenvalue weighted by Crippen LogP contribution is 2.30. The van der Waals surface area contributed by atoms with Crippen LogP contribution in [0.2, 0.25) is 0 Å². The zero-order valence-corrected chi connectivity index (χ0v) is 11.7. The Balaban J connectivity index is 2.05. The molecule has 0 saturated carbocycles. The van der Waals surface area contributed by atoms with Crippen molar-refractivity contribution in [3.8, 4) is 0 Å². The quantitative estimate of drug-likeness (QED) is 0.404. The molecule has 2 heterocycles. The summed E-state index contributed by atoms with van der Waals surface area (Å²) in [5, 5.41) is 0. The third kappa shape index (κ3) is 2.68. The summed E-state index contributed by atoms with van der Waals surface area (Å²) in [5.74, 6) is 5.26. The van der Waals surface area contributed by atoms with Crippen molar-refractivity contribution in [2.75, 3.05) is 13.1 Å². The van der Waals surface area contributed by atoms with Gasteiger partial charge in [-0.3, -0.25) is 19.9 Å². The van der Waals surface area contributed by atoms with E-state index in [-0.39, 0.29) is 11.7 Å². The van der Waals surface area contributed by atoms with Crippen molar-refractivity contribution in [2.45, 2.75) is 26.8 Å². The van der Waals surface area contributed by atoms with E-state index >= 15 is 0 Å². The normalized spacial score (nSPS) is 22.9. The first kappa shape index (κ1) is 14.5. The van der Waals surface area contributed by atoms with E-state index in [9.17, 15) is 9.59 Å². The van der Waals surface area contributed by atoms with Crippen LogP contribution in [-0.4, -0.2) is 29.8 Å². The number of carbonyl (C=O) groups excluding carboxylic acids is 2. The van der Waals surface area contributed by atoms with Gasteiger partial charge in [0.1, 0.15) is 5.76 Å².